The summed E-state index contributed by atoms with van der Waals surface area (Å²) in [5, 5.41) is 0. The van der Waals surface area contributed by atoms with E-state index in [0.29, 0.717) is 12.4 Å². The second kappa shape index (κ2) is 4.34. The Bertz CT molecular complexity index is 509. The van der Waals surface area contributed by atoms with Crippen molar-refractivity contribution in [2.45, 2.75) is 32.7 Å². The molecule has 0 aliphatic carbocycles. The maximum atomic E-state index is 5.54. The van der Waals surface area contributed by atoms with E-state index in [2.05, 4.69) is 31.8 Å². The summed E-state index contributed by atoms with van der Waals surface area (Å²) in [5.41, 5.74) is 8.66. The van der Waals surface area contributed by atoms with Crippen LogP contribution in [0.5, 0.6) is 0 Å². The molecule has 0 aliphatic rings. The molecule has 2 aromatic rings. The van der Waals surface area contributed by atoms with Crippen LogP contribution in [-0.2, 0) is 12.0 Å². The minimum atomic E-state index is 0.0634. The number of aromatic nitrogens is 1. The molecule has 1 aromatic heterocycles. The molecule has 0 radical (unpaired) electrons. The van der Waals surface area contributed by atoms with Crippen molar-refractivity contribution in [1.29, 1.82) is 0 Å². The van der Waals surface area contributed by atoms with Crippen molar-refractivity contribution >= 4 is 0 Å². The Balaban J connectivity index is 2.52. The molecular weight excluding hydrogens is 212 g/mol. The number of rotatable bonds is 2. The fourth-order valence-electron chi connectivity index (χ4n) is 1.85. The van der Waals surface area contributed by atoms with Gasteiger partial charge in [0.25, 0.3) is 0 Å². The standard InChI is InChI=1S/C14H18N2O/c1-14(2,3)12-7-5-4-6-11(12)13-16-10(8-15)9-17-13/h4-7,9H,8,15H2,1-3H3. The highest BCUT2D eigenvalue weighted by Gasteiger charge is 2.20. The zero-order chi connectivity index (χ0) is 12.5. The van der Waals surface area contributed by atoms with Crippen molar-refractivity contribution < 1.29 is 4.42 Å². The summed E-state index contributed by atoms with van der Waals surface area (Å²) in [5.74, 6) is 0.649. The third-order valence-corrected chi connectivity index (χ3v) is 2.73. The maximum absolute atomic E-state index is 5.54. The van der Waals surface area contributed by atoms with Crippen LogP contribution in [0.4, 0.5) is 0 Å². The van der Waals surface area contributed by atoms with Crippen LogP contribution in [0.25, 0.3) is 11.5 Å². The predicted octanol–water partition coefficient (Wildman–Crippen LogP) is 3.10. The highest BCUT2D eigenvalue weighted by atomic mass is 16.3. The minimum Gasteiger partial charge on any atom is -0.444 e. The molecule has 0 aliphatic heterocycles. The number of hydrogen-bond donors (Lipinski definition) is 1. The third kappa shape index (κ3) is 2.39. The zero-order valence-corrected chi connectivity index (χ0v) is 10.5. The van der Waals surface area contributed by atoms with Crippen LogP contribution in [-0.4, -0.2) is 4.98 Å². The van der Waals surface area contributed by atoms with E-state index in [-0.39, 0.29) is 5.41 Å². The molecule has 1 aromatic carbocycles. The smallest absolute Gasteiger partial charge is 0.226 e. The molecule has 90 valence electrons. The Labute approximate surface area is 102 Å². The van der Waals surface area contributed by atoms with E-state index in [9.17, 15) is 0 Å². The summed E-state index contributed by atoms with van der Waals surface area (Å²) < 4.78 is 5.49. The van der Waals surface area contributed by atoms with Gasteiger partial charge in [0.05, 0.1) is 5.69 Å². The summed E-state index contributed by atoms with van der Waals surface area (Å²) in [4.78, 5) is 4.38. The van der Waals surface area contributed by atoms with Crippen LogP contribution in [0.2, 0.25) is 0 Å². The minimum absolute atomic E-state index is 0.0634. The van der Waals surface area contributed by atoms with Gasteiger partial charge >= 0.3 is 0 Å². The van der Waals surface area contributed by atoms with Crippen LogP contribution < -0.4 is 5.73 Å². The quantitative estimate of drug-likeness (QED) is 0.862. The summed E-state index contributed by atoms with van der Waals surface area (Å²) >= 11 is 0. The molecule has 3 nitrogen and oxygen atoms in total. The molecule has 0 spiro atoms. The first-order valence-corrected chi connectivity index (χ1v) is 5.76. The summed E-state index contributed by atoms with van der Waals surface area (Å²) in [7, 11) is 0. The van der Waals surface area contributed by atoms with Gasteiger partial charge in [-0.2, -0.15) is 0 Å². The van der Waals surface area contributed by atoms with Crippen LogP contribution in [0, 0.1) is 0 Å². The van der Waals surface area contributed by atoms with Gasteiger partial charge in [0.15, 0.2) is 0 Å². The van der Waals surface area contributed by atoms with Gasteiger partial charge in [0, 0.05) is 12.1 Å². The fourth-order valence-corrected chi connectivity index (χ4v) is 1.85. The van der Waals surface area contributed by atoms with E-state index in [0.717, 1.165) is 11.3 Å². The number of benzene rings is 1. The van der Waals surface area contributed by atoms with Gasteiger partial charge in [0.2, 0.25) is 5.89 Å². The fraction of sp³-hybridized carbons (Fsp3) is 0.357. The van der Waals surface area contributed by atoms with E-state index < -0.39 is 0 Å². The van der Waals surface area contributed by atoms with E-state index in [1.165, 1.54) is 5.56 Å². The monoisotopic (exact) mass is 230 g/mol. The van der Waals surface area contributed by atoms with Gasteiger partial charge < -0.3 is 10.2 Å². The molecule has 0 saturated heterocycles. The molecule has 0 atom stereocenters. The predicted molar refractivity (Wildman–Crippen MR) is 68.5 cm³/mol. The lowest BCUT2D eigenvalue weighted by atomic mass is 9.84. The first-order chi connectivity index (χ1) is 8.02. The lowest BCUT2D eigenvalue weighted by molar-refractivity contribution is 0.559. The highest BCUT2D eigenvalue weighted by Crippen LogP contribution is 2.32. The first-order valence-electron chi connectivity index (χ1n) is 5.76. The van der Waals surface area contributed by atoms with Crippen LogP contribution >= 0.6 is 0 Å². The molecule has 17 heavy (non-hydrogen) atoms. The van der Waals surface area contributed by atoms with Crippen molar-refractivity contribution in [2.24, 2.45) is 5.73 Å². The lowest BCUT2D eigenvalue weighted by Crippen LogP contribution is -2.12. The van der Waals surface area contributed by atoms with Crippen molar-refractivity contribution in [3.05, 3.63) is 41.8 Å². The number of hydrogen-bond acceptors (Lipinski definition) is 3. The van der Waals surface area contributed by atoms with Crippen LogP contribution in [0.3, 0.4) is 0 Å². The molecule has 0 bridgehead atoms. The maximum Gasteiger partial charge on any atom is 0.226 e. The molecule has 3 heteroatoms. The van der Waals surface area contributed by atoms with Crippen LogP contribution in [0.15, 0.2) is 34.9 Å². The Kier molecular flexibility index (Phi) is 3.03. The Morgan fingerprint density at radius 2 is 1.94 bits per heavy atom. The molecule has 0 fully saturated rings. The topological polar surface area (TPSA) is 52.0 Å². The zero-order valence-electron chi connectivity index (χ0n) is 10.5. The number of nitrogens with two attached hydrogens (primary N) is 1. The lowest BCUT2D eigenvalue weighted by Gasteiger charge is -2.21. The molecule has 1 heterocycles. The van der Waals surface area contributed by atoms with Gasteiger partial charge in [-0.1, -0.05) is 39.0 Å². The second-order valence-electron chi connectivity index (χ2n) is 5.14. The molecule has 0 saturated carbocycles. The van der Waals surface area contributed by atoms with E-state index in [1.54, 1.807) is 6.26 Å². The molecule has 0 unspecified atom stereocenters. The Morgan fingerprint density at radius 3 is 2.53 bits per heavy atom. The molecule has 2 rings (SSSR count). The van der Waals surface area contributed by atoms with Gasteiger partial charge in [-0.3, -0.25) is 0 Å². The molecule has 2 N–H and O–H groups in total. The van der Waals surface area contributed by atoms with Gasteiger partial charge in [-0.15, -0.1) is 0 Å². The average Bonchev–Trinajstić information content (AvgIpc) is 2.76. The normalized spacial score (nSPS) is 11.8. The van der Waals surface area contributed by atoms with Crippen molar-refractivity contribution in [2.75, 3.05) is 0 Å². The van der Waals surface area contributed by atoms with Crippen LogP contribution in [0.1, 0.15) is 32.0 Å². The number of nitrogens with zero attached hydrogens (tertiary/aromatic N) is 1. The van der Waals surface area contributed by atoms with Gasteiger partial charge in [-0.05, 0) is 17.0 Å². The first kappa shape index (κ1) is 11.9. The summed E-state index contributed by atoms with van der Waals surface area (Å²) in [6.45, 7) is 6.94. The molecule has 0 amide bonds. The van der Waals surface area contributed by atoms with Crippen molar-refractivity contribution in [1.82, 2.24) is 4.98 Å². The van der Waals surface area contributed by atoms with E-state index >= 15 is 0 Å². The second-order valence-corrected chi connectivity index (χ2v) is 5.14. The van der Waals surface area contributed by atoms with Crippen molar-refractivity contribution in [3.8, 4) is 11.5 Å². The van der Waals surface area contributed by atoms with Gasteiger partial charge in [-0.25, -0.2) is 4.98 Å². The summed E-state index contributed by atoms with van der Waals surface area (Å²) in [6.07, 6.45) is 1.62. The van der Waals surface area contributed by atoms with Crippen molar-refractivity contribution in [3.63, 3.8) is 0 Å². The SMILES string of the molecule is CC(C)(C)c1ccccc1-c1nc(CN)co1. The highest BCUT2D eigenvalue weighted by molar-refractivity contribution is 5.60. The van der Waals surface area contributed by atoms with Gasteiger partial charge in [0.1, 0.15) is 6.26 Å². The number of oxazole rings is 1. The van der Waals surface area contributed by atoms with E-state index in [4.69, 9.17) is 10.2 Å². The Morgan fingerprint density at radius 1 is 1.24 bits per heavy atom. The largest absolute Gasteiger partial charge is 0.444 e. The average molecular weight is 230 g/mol. The molecular formula is C14H18N2O. The third-order valence-electron chi connectivity index (χ3n) is 2.73. The summed E-state index contributed by atoms with van der Waals surface area (Å²) in [6, 6.07) is 8.18. The van der Waals surface area contributed by atoms with E-state index in [1.807, 2.05) is 18.2 Å². The Hall–Kier alpha value is -1.61.